The van der Waals surface area contributed by atoms with Crippen molar-refractivity contribution in [3.05, 3.63) is 0 Å². The molecule has 0 aromatic carbocycles. The van der Waals surface area contributed by atoms with Gasteiger partial charge in [0, 0.05) is 8.41 Å². The third kappa shape index (κ3) is 4.16. The largest absolute Gasteiger partial charge is 0.387 e. The maximum absolute atomic E-state index is 10.2. The summed E-state index contributed by atoms with van der Waals surface area (Å²) >= 11 is 0. The zero-order valence-corrected chi connectivity index (χ0v) is 10.3. The lowest BCUT2D eigenvalue weighted by atomic mass is 9.75. The van der Waals surface area contributed by atoms with Gasteiger partial charge in [0.25, 0.3) is 0 Å². The minimum atomic E-state index is -0.996. The van der Waals surface area contributed by atoms with E-state index in [0.717, 1.165) is 6.42 Å². The molecule has 1 fully saturated rings. The van der Waals surface area contributed by atoms with Crippen molar-refractivity contribution in [2.24, 2.45) is 5.92 Å². The molecule has 0 spiro atoms. The zero-order chi connectivity index (χ0) is 10.8. The van der Waals surface area contributed by atoms with Crippen molar-refractivity contribution in [2.75, 3.05) is 0 Å². The van der Waals surface area contributed by atoms with Gasteiger partial charge in [0.1, 0.15) is 0 Å². The van der Waals surface area contributed by atoms with E-state index in [1.165, 1.54) is 32.1 Å². The van der Waals surface area contributed by atoms with Crippen LogP contribution in [0, 0.1) is 5.92 Å². The Morgan fingerprint density at radius 3 is 1.87 bits per heavy atom. The summed E-state index contributed by atoms with van der Waals surface area (Å²) in [6.07, 6.45) is 7.06. The first-order valence-corrected chi connectivity index (χ1v) is 5.78. The van der Waals surface area contributed by atoms with Gasteiger partial charge >= 0.3 is 0 Å². The summed E-state index contributed by atoms with van der Waals surface area (Å²) < 4.78 is 0. The molecule has 0 heterocycles. The van der Waals surface area contributed by atoms with Crippen LogP contribution in [-0.4, -0.2) is 29.8 Å². The highest BCUT2D eigenvalue weighted by molar-refractivity contribution is 5.75. The van der Waals surface area contributed by atoms with E-state index in [1.807, 2.05) is 0 Å². The zero-order valence-electron chi connectivity index (χ0n) is 10.3. The van der Waals surface area contributed by atoms with Crippen LogP contribution in [0.2, 0.25) is 0 Å². The standard InChI is InChI=1S/C12H24O2.B/c1-11(2,13)12(3,14)9-10-7-5-4-6-8-10;/h10,13-14H,4-9H2,1-3H3;. The molecule has 1 aliphatic rings. The molecule has 0 aromatic rings. The molecular formula is C12H24BO2. The molecule has 1 unspecified atom stereocenters. The van der Waals surface area contributed by atoms with E-state index in [4.69, 9.17) is 0 Å². The van der Waals surface area contributed by atoms with E-state index in [-0.39, 0.29) is 8.41 Å². The second-order valence-electron chi connectivity index (χ2n) is 5.54. The number of aliphatic hydroxyl groups is 2. The minimum absolute atomic E-state index is 0. The fourth-order valence-electron chi connectivity index (χ4n) is 2.20. The molecule has 0 amide bonds. The van der Waals surface area contributed by atoms with Gasteiger partial charge in [-0.3, -0.25) is 0 Å². The molecular weight excluding hydrogens is 187 g/mol. The van der Waals surface area contributed by atoms with Gasteiger partial charge in [-0.05, 0) is 33.1 Å². The summed E-state index contributed by atoms with van der Waals surface area (Å²) in [6, 6.07) is 0. The molecule has 0 aliphatic heterocycles. The summed E-state index contributed by atoms with van der Waals surface area (Å²) in [5.74, 6) is 0.602. The van der Waals surface area contributed by atoms with Gasteiger partial charge in [-0.1, -0.05) is 32.1 Å². The molecule has 3 heteroatoms. The third-order valence-electron chi connectivity index (χ3n) is 3.73. The SMILES string of the molecule is CC(C)(O)C(C)(O)CC1CCCCC1.[B]. The molecule has 15 heavy (non-hydrogen) atoms. The first-order chi connectivity index (χ1) is 6.33. The van der Waals surface area contributed by atoms with Gasteiger partial charge in [0.15, 0.2) is 0 Å². The Bertz CT molecular complexity index is 179. The van der Waals surface area contributed by atoms with Gasteiger partial charge in [-0.15, -0.1) is 0 Å². The van der Waals surface area contributed by atoms with E-state index >= 15 is 0 Å². The van der Waals surface area contributed by atoms with E-state index in [1.54, 1.807) is 20.8 Å². The summed E-state index contributed by atoms with van der Waals surface area (Å²) in [5, 5.41) is 20.0. The van der Waals surface area contributed by atoms with Crippen LogP contribution in [0.1, 0.15) is 59.3 Å². The highest BCUT2D eigenvalue weighted by atomic mass is 16.3. The van der Waals surface area contributed by atoms with E-state index in [9.17, 15) is 10.2 Å². The molecule has 1 rings (SSSR count). The van der Waals surface area contributed by atoms with Crippen LogP contribution in [0.5, 0.6) is 0 Å². The van der Waals surface area contributed by atoms with Crippen LogP contribution >= 0.6 is 0 Å². The van der Waals surface area contributed by atoms with Crippen molar-refractivity contribution in [3.63, 3.8) is 0 Å². The van der Waals surface area contributed by atoms with Crippen LogP contribution in [0.3, 0.4) is 0 Å². The lowest BCUT2D eigenvalue weighted by molar-refractivity contribution is -0.132. The molecule has 0 aromatic heterocycles. The Hall–Kier alpha value is -0.0151. The van der Waals surface area contributed by atoms with E-state index < -0.39 is 11.2 Å². The van der Waals surface area contributed by atoms with Crippen molar-refractivity contribution >= 4 is 8.41 Å². The molecule has 87 valence electrons. The van der Waals surface area contributed by atoms with Crippen molar-refractivity contribution in [1.82, 2.24) is 0 Å². The highest BCUT2D eigenvalue weighted by Gasteiger charge is 2.39. The number of hydrogen-bond acceptors (Lipinski definition) is 2. The molecule has 0 saturated heterocycles. The summed E-state index contributed by atoms with van der Waals surface area (Å²) in [4.78, 5) is 0. The van der Waals surface area contributed by atoms with Gasteiger partial charge < -0.3 is 10.2 Å². The van der Waals surface area contributed by atoms with E-state index in [0.29, 0.717) is 5.92 Å². The second-order valence-corrected chi connectivity index (χ2v) is 5.54. The Balaban J connectivity index is 0.00000196. The molecule has 1 saturated carbocycles. The lowest BCUT2D eigenvalue weighted by Crippen LogP contribution is -2.48. The Kier molecular flexibility index (Phi) is 5.35. The Morgan fingerprint density at radius 1 is 1.00 bits per heavy atom. The maximum Gasteiger partial charge on any atom is 0.0902 e. The van der Waals surface area contributed by atoms with Crippen LogP contribution in [0.25, 0.3) is 0 Å². The minimum Gasteiger partial charge on any atom is -0.387 e. The van der Waals surface area contributed by atoms with E-state index in [2.05, 4.69) is 0 Å². The summed E-state index contributed by atoms with van der Waals surface area (Å²) in [6.45, 7) is 5.13. The molecule has 1 aliphatic carbocycles. The average Bonchev–Trinajstić information content (AvgIpc) is 2.03. The lowest BCUT2D eigenvalue weighted by Gasteiger charge is -2.39. The smallest absolute Gasteiger partial charge is 0.0902 e. The molecule has 0 bridgehead atoms. The number of hydrogen-bond donors (Lipinski definition) is 2. The first-order valence-electron chi connectivity index (χ1n) is 5.78. The van der Waals surface area contributed by atoms with Crippen LogP contribution in [0.15, 0.2) is 0 Å². The topological polar surface area (TPSA) is 40.5 Å². The predicted octanol–water partition coefficient (Wildman–Crippen LogP) is 2.10. The van der Waals surface area contributed by atoms with Crippen molar-refractivity contribution < 1.29 is 10.2 Å². The third-order valence-corrected chi connectivity index (χ3v) is 3.73. The van der Waals surface area contributed by atoms with Crippen LogP contribution < -0.4 is 0 Å². The molecule has 2 N–H and O–H groups in total. The van der Waals surface area contributed by atoms with Crippen molar-refractivity contribution in [3.8, 4) is 0 Å². The monoisotopic (exact) mass is 211 g/mol. The fourth-order valence-corrected chi connectivity index (χ4v) is 2.20. The van der Waals surface area contributed by atoms with Gasteiger partial charge in [-0.25, -0.2) is 0 Å². The van der Waals surface area contributed by atoms with Crippen LogP contribution in [0.4, 0.5) is 0 Å². The van der Waals surface area contributed by atoms with Gasteiger partial charge in [0.05, 0.1) is 11.2 Å². The average molecular weight is 211 g/mol. The molecule has 3 radical (unpaired) electrons. The molecule has 1 atom stereocenters. The van der Waals surface area contributed by atoms with Crippen LogP contribution in [-0.2, 0) is 0 Å². The Labute approximate surface area is 95.7 Å². The molecule has 2 nitrogen and oxygen atoms in total. The quantitative estimate of drug-likeness (QED) is 0.702. The predicted molar refractivity (Wildman–Crippen MR) is 63.9 cm³/mol. The van der Waals surface area contributed by atoms with Gasteiger partial charge in [0.2, 0.25) is 0 Å². The normalized spacial score (nSPS) is 23.0. The fraction of sp³-hybridized carbons (Fsp3) is 1.00. The van der Waals surface area contributed by atoms with Crippen molar-refractivity contribution in [1.29, 1.82) is 0 Å². The summed E-state index contributed by atoms with van der Waals surface area (Å²) in [7, 11) is 0. The number of rotatable bonds is 3. The first kappa shape index (κ1) is 15.0. The Morgan fingerprint density at radius 2 is 1.47 bits per heavy atom. The van der Waals surface area contributed by atoms with Crippen molar-refractivity contribution in [2.45, 2.75) is 70.5 Å². The van der Waals surface area contributed by atoms with Gasteiger partial charge in [-0.2, -0.15) is 0 Å². The highest BCUT2D eigenvalue weighted by Crippen LogP contribution is 2.35. The maximum atomic E-state index is 10.2. The summed E-state index contributed by atoms with van der Waals surface area (Å²) in [5.41, 5.74) is -1.94. The second kappa shape index (κ2) is 5.35.